The molecule has 1 N–H and O–H groups in total. The summed E-state index contributed by atoms with van der Waals surface area (Å²) in [5.74, 6) is 1.06. The minimum atomic E-state index is 0.00708. The molecular weight excluding hydrogens is 304 g/mol. The third-order valence-electron chi connectivity index (χ3n) is 4.25. The van der Waals surface area contributed by atoms with Crippen molar-refractivity contribution >= 4 is 23.2 Å². The van der Waals surface area contributed by atoms with Crippen LogP contribution in [0.15, 0.2) is 54.1 Å². The normalized spacial score (nSPS) is 19.4. The lowest BCUT2D eigenvalue weighted by Crippen LogP contribution is -2.13. The van der Waals surface area contributed by atoms with Crippen molar-refractivity contribution in [3.05, 3.63) is 76.4 Å². The van der Waals surface area contributed by atoms with Crippen molar-refractivity contribution in [3.63, 3.8) is 0 Å². The summed E-state index contributed by atoms with van der Waals surface area (Å²) in [5, 5.41) is 12.4. The van der Waals surface area contributed by atoms with Crippen molar-refractivity contribution in [1.29, 1.82) is 5.26 Å². The van der Waals surface area contributed by atoms with Crippen LogP contribution in [0.2, 0.25) is 0 Å². The number of fused-ring (bicyclic) bond motifs is 2. The minimum Gasteiger partial charge on any atom is -0.383 e. The van der Waals surface area contributed by atoms with Crippen molar-refractivity contribution in [2.45, 2.75) is 5.25 Å². The standard InChI is InChI=1S/C19H14N2OS/c20-11-12-5-7-13(8-6-12)19-16-17(21-9-10-23-19)14-3-1-2-4-15(14)18(16)22/h1-8,19,21H,9-10H2. The van der Waals surface area contributed by atoms with E-state index >= 15 is 0 Å². The fourth-order valence-electron chi connectivity index (χ4n) is 3.17. The van der Waals surface area contributed by atoms with Gasteiger partial charge in [0.25, 0.3) is 0 Å². The zero-order valence-corrected chi connectivity index (χ0v) is 13.2. The number of thioether (sulfide) groups is 1. The Bertz CT molecular complexity index is 862. The molecule has 2 aromatic rings. The lowest BCUT2D eigenvalue weighted by Gasteiger charge is -2.16. The zero-order chi connectivity index (χ0) is 15.8. The molecule has 0 radical (unpaired) electrons. The van der Waals surface area contributed by atoms with E-state index in [1.165, 1.54) is 0 Å². The van der Waals surface area contributed by atoms with Crippen LogP contribution < -0.4 is 5.32 Å². The van der Waals surface area contributed by atoms with Crippen molar-refractivity contribution in [2.24, 2.45) is 0 Å². The zero-order valence-electron chi connectivity index (χ0n) is 12.4. The molecule has 1 aliphatic carbocycles. The maximum absolute atomic E-state index is 12.9. The Labute approximate surface area is 139 Å². The van der Waals surface area contributed by atoms with E-state index in [0.717, 1.165) is 40.3 Å². The molecule has 0 saturated heterocycles. The van der Waals surface area contributed by atoms with Gasteiger partial charge in [-0.15, -0.1) is 11.8 Å². The molecule has 2 aromatic carbocycles. The lowest BCUT2D eigenvalue weighted by atomic mass is 10.00. The number of hydrogen-bond acceptors (Lipinski definition) is 4. The second kappa shape index (κ2) is 5.60. The van der Waals surface area contributed by atoms with Gasteiger partial charge in [-0.25, -0.2) is 0 Å². The lowest BCUT2D eigenvalue weighted by molar-refractivity contribution is 0.103. The number of nitrogens with one attached hydrogen (secondary N) is 1. The van der Waals surface area contributed by atoms with Crippen LogP contribution in [0.4, 0.5) is 0 Å². The molecular formula is C19H14N2OS. The second-order valence-corrected chi connectivity index (χ2v) is 6.79. The van der Waals surface area contributed by atoms with Crippen molar-refractivity contribution in [2.75, 3.05) is 12.3 Å². The monoisotopic (exact) mass is 318 g/mol. The molecule has 1 heterocycles. The molecule has 3 nitrogen and oxygen atoms in total. The Balaban J connectivity index is 1.83. The number of Topliss-reactive ketones (excluding diaryl/α,β-unsaturated/α-hetero) is 1. The SMILES string of the molecule is N#Cc1ccc(C2SCCNC3=C2C(=O)c2ccccc23)cc1. The number of rotatable bonds is 1. The quantitative estimate of drug-likeness (QED) is 0.874. The molecule has 1 unspecified atom stereocenters. The van der Waals surface area contributed by atoms with Crippen LogP contribution in [0.3, 0.4) is 0 Å². The van der Waals surface area contributed by atoms with Crippen molar-refractivity contribution in [3.8, 4) is 6.07 Å². The molecule has 0 amide bonds. The molecule has 0 fully saturated rings. The maximum Gasteiger partial charge on any atom is 0.193 e. The van der Waals surface area contributed by atoms with Gasteiger partial charge in [-0.2, -0.15) is 5.26 Å². The van der Waals surface area contributed by atoms with Crippen LogP contribution in [0, 0.1) is 11.3 Å². The first-order valence-electron chi connectivity index (χ1n) is 7.53. The largest absolute Gasteiger partial charge is 0.383 e. The molecule has 4 rings (SSSR count). The summed E-state index contributed by atoms with van der Waals surface area (Å²) in [7, 11) is 0. The Morgan fingerprint density at radius 3 is 2.57 bits per heavy atom. The van der Waals surface area contributed by atoms with Gasteiger partial charge >= 0.3 is 0 Å². The molecule has 112 valence electrons. The van der Waals surface area contributed by atoms with Crippen LogP contribution in [0.5, 0.6) is 0 Å². The van der Waals surface area contributed by atoms with Gasteiger partial charge in [0.05, 0.1) is 22.6 Å². The number of ketones is 1. The molecule has 0 bridgehead atoms. The highest BCUT2D eigenvalue weighted by molar-refractivity contribution is 7.99. The smallest absolute Gasteiger partial charge is 0.193 e. The molecule has 0 spiro atoms. The summed E-state index contributed by atoms with van der Waals surface area (Å²) in [6.07, 6.45) is 0. The number of carbonyl (C=O) groups is 1. The van der Waals surface area contributed by atoms with Crippen LogP contribution in [-0.4, -0.2) is 18.1 Å². The van der Waals surface area contributed by atoms with E-state index in [9.17, 15) is 4.79 Å². The van der Waals surface area contributed by atoms with E-state index in [-0.39, 0.29) is 11.0 Å². The molecule has 2 aliphatic rings. The van der Waals surface area contributed by atoms with Gasteiger partial charge in [0.15, 0.2) is 5.78 Å². The van der Waals surface area contributed by atoms with Crippen LogP contribution in [0.1, 0.15) is 32.3 Å². The second-order valence-electron chi connectivity index (χ2n) is 5.57. The van der Waals surface area contributed by atoms with Crippen molar-refractivity contribution < 1.29 is 4.79 Å². The average Bonchev–Trinajstić information content (AvgIpc) is 2.77. The van der Waals surface area contributed by atoms with Gasteiger partial charge in [0.1, 0.15) is 0 Å². The Morgan fingerprint density at radius 2 is 1.83 bits per heavy atom. The van der Waals surface area contributed by atoms with E-state index < -0.39 is 0 Å². The van der Waals surface area contributed by atoms with E-state index in [4.69, 9.17) is 5.26 Å². The summed E-state index contributed by atoms with van der Waals surface area (Å²) in [4.78, 5) is 12.9. The van der Waals surface area contributed by atoms with Crippen LogP contribution in [-0.2, 0) is 0 Å². The highest BCUT2D eigenvalue weighted by atomic mass is 32.2. The molecule has 0 aromatic heterocycles. The number of hydrogen-bond donors (Lipinski definition) is 1. The summed E-state index contributed by atoms with van der Waals surface area (Å²) >= 11 is 1.78. The molecule has 4 heteroatoms. The van der Waals surface area contributed by atoms with E-state index in [1.54, 1.807) is 11.8 Å². The first-order valence-corrected chi connectivity index (χ1v) is 8.58. The van der Waals surface area contributed by atoms with Gasteiger partial charge < -0.3 is 5.32 Å². The highest BCUT2D eigenvalue weighted by Crippen LogP contribution is 2.45. The number of carbonyl (C=O) groups excluding carboxylic acids is 1. The first kappa shape index (κ1) is 14.1. The predicted molar refractivity (Wildman–Crippen MR) is 92.1 cm³/mol. The topological polar surface area (TPSA) is 52.9 Å². The third-order valence-corrected chi connectivity index (χ3v) is 5.53. The Kier molecular flexibility index (Phi) is 3.44. The third kappa shape index (κ3) is 2.25. The molecule has 1 aliphatic heterocycles. The van der Waals surface area contributed by atoms with Gasteiger partial charge in [-0.05, 0) is 17.7 Å². The van der Waals surface area contributed by atoms with Crippen LogP contribution in [0.25, 0.3) is 5.70 Å². The number of benzene rings is 2. The summed E-state index contributed by atoms with van der Waals surface area (Å²) in [6, 6.07) is 17.5. The van der Waals surface area contributed by atoms with Gasteiger partial charge in [0.2, 0.25) is 0 Å². The minimum absolute atomic E-state index is 0.00708. The fraction of sp³-hybridized carbons (Fsp3) is 0.158. The maximum atomic E-state index is 12.9. The Morgan fingerprint density at radius 1 is 1.09 bits per heavy atom. The summed E-state index contributed by atoms with van der Waals surface area (Å²) < 4.78 is 0. The Hall–Kier alpha value is -2.51. The number of nitrogens with zero attached hydrogens (tertiary/aromatic N) is 1. The van der Waals surface area contributed by atoms with E-state index in [1.807, 2.05) is 48.5 Å². The van der Waals surface area contributed by atoms with E-state index in [2.05, 4.69) is 11.4 Å². The van der Waals surface area contributed by atoms with Crippen LogP contribution >= 0.6 is 11.8 Å². The van der Waals surface area contributed by atoms with Gasteiger partial charge in [-0.1, -0.05) is 36.4 Å². The average molecular weight is 318 g/mol. The predicted octanol–water partition coefficient (Wildman–Crippen LogP) is 3.54. The first-order chi connectivity index (χ1) is 11.3. The summed E-state index contributed by atoms with van der Waals surface area (Å²) in [5.41, 5.74) is 5.33. The highest BCUT2D eigenvalue weighted by Gasteiger charge is 2.36. The van der Waals surface area contributed by atoms with Gasteiger partial charge in [0, 0.05) is 29.0 Å². The molecule has 1 atom stereocenters. The molecule has 23 heavy (non-hydrogen) atoms. The molecule has 0 saturated carbocycles. The van der Waals surface area contributed by atoms with Crippen molar-refractivity contribution in [1.82, 2.24) is 5.32 Å². The van der Waals surface area contributed by atoms with E-state index in [0.29, 0.717) is 5.56 Å². The number of nitriles is 1. The van der Waals surface area contributed by atoms with Gasteiger partial charge in [-0.3, -0.25) is 4.79 Å². The summed E-state index contributed by atoms with van der Waals surface area (Å²) in [6.45, 7) is 0.845. The fourth-order valence-corrected chi connectivity index (χ4v) is 4.37.